The lowest BCUT2D eigenvalue weighted by Crippen LogP contribution is -2.17. The van der Waals surface area contributed by atoms with E-state index in [9.17, 15) is 19.7 Å². The Morgan fingerprint density at radius 1 is 1.26 bits per heavy atom. The minimum atomic E-state index is -0.691. The quantitative estimate of drug-likeness (QED) is 0.209. The average molecular weight is 400 g/mol. The number of esters is 1. The summed E-state index contributed by atoms with van der Waals surface area (Å²) in [6, 6.07) is 10.6. The third kappa shape index (κ3) is 4.57. The molecule has 27 heavy (non-hydrogen) atoms. The minimum Gasteiger partial charge on any atom is -0.423 e. The van der Waals surface area contributed by atoms with Crippen molar-refractivity contribution in [3.05, 3.63) is 74.2 Å². The van der Waals surface area contributed by atoms with Crippen molar-refractivity contribution in [1.82, 2.24) is 5.32 Å². The molecule has 0 aromatic heterocycles. The number of benzene rings is 2. The Morgan fingerprint density at radius 2 is 1.96 bits per heavy atom. The Kier molecular flexibility index (Phi) is 5.33. The van der Waals surface area contributed by atoms with Crippen molar-refractivity contribution in [2.24, 2.45) is 0 Å². The van der Waals surface area contributed by atoms with Gasteiger partial charge in [0.15, 0.2) is 0 Å². The fraction of sp³-hybridized carbons (Fsp3) is 0.0556. The fourth-order valence-corrected chi connectivity index (χ4v) is 3.40. The smallest absolute Gasteiger partial charge is 0.343 e. The Labute approximate surface area is 163 Å². The van der Waals surface area contributed by atoms with Gasteiger partial charge in [0.2, 0.25) is 0 Å². The molecule has 0 saturated carbocycles. The van der Waals surface area contributed by atoms with E-state index in [-0.39, 0.29) is 22.9 Å². The summed E-state index contributed by atoms with van der Waals surface area (Å²) in [7, 11) is 0. The molecule has 9 heteroatoms. The number of thioether (sulfide) groups is 1. The zero-order valence-electron chi connectivity index (χ0n) is 13.9. The summed E-state index contributed by atoms with van der Waals surface area (Å²) in [6.45, 7) is 1.66. The van der Waals surface area contributed by atoms with Crippen LogP contribution in [0.3, 0.4) is 0 Å². The minimum absolute atomic E-state index is 0.0976. The van der Waals surface area contributed by atoms with Crippen LogP contribution in [0.15, 0.2) is 47.4 Å². The Bertz CT molecular complexity index is 999. The number of non-ortho nitro benzene ring substituents is 1. The van der Waals surface area contributed by atoms with Crippen LogP contribution in [0.4, 0.5) is 5.69 Å². The molecule has 2 aromatic carbocycles. The van der Waals surface area contributed by atoms with Crippen LogP contribution in [0.25, 0.3) is 6.08 Å². The van der Waals surface area contributed by atoms with Crippen LogP contribution in [0.2, 0.25) is 0 Å². The number of nitro benzene ring substituents is 1. The SMILES string of the molecule is Cc1cc(C(=O)Oc2ccc(/C=C3/SC(=S)NC3=O)cc2)cc([N+](=O)[O-])c1. The highest BCUT2D eigenvalue weighted by atomic mass is 32.2. The van der Waals surface area contributed by atoms with E-state index in [0.29, 0.717) is 14.8 Å². The van der Waals surface area contributed by atoms with E-state index in [2.05, 4.69) is 5.32 Å². The van der Waals surface area contributed by atoms with Crippen LogP contribution in [-0.2, 0) is 4.79 Å². The monoisotopic (exact) mass is 400 g/mol. The number of nitrogens with zero attached hydrogens (tertiary/aromatic N) is 1. The lowest BCUT2D eigenvalue weighted by Gasteiger charge is -2.06. The van der Waals surface area contributed by atoms with Gasteiger partial charge < -0.3 is 10.1 Å². The van der Waals surface area contributed by atoms with E-state index in [1.807, 2.05) is 0 Å². The molecule has 3 rings (SSSR count). The van der Waals surface area contributed by atoms with Crippen LogP contribution < -0.4 is 10.1 Å². The molecule has 1 fully saturated rings. The topological polar surface area (TPSA) is 98.5 Å². The second-order valence-electron chi connectivity index (χ2n) is 5.63. The summed E-state index contributed by atoms with van der Waals surface area (Å²) in [4.78, 5) is 34.8. The lowest BCUT2D eigenvalue weighted by atomic mass is 10.1. The van der Waals surface area contributed by atoms with Gasteiger partial charge in [-0.15, -0.1) is 0 Å². The molecule has 1 heterocycles. The van der Waals surface area contributed by atoms with Gasteiger partial charge in [-0.1, -0.05) is 36.1 Å². The lowest BCUT2D eigenvalue weighted by molar-refractivity contribution is -0.384. The summed E-state index contributed by atoms with van der Waals surface area (Å²) in [5.74, 6) is -0.657. The van der Waals surface area contributed by atoms with Crippen LogP contribution in [-0.4, -0.2) is 21.1 Å². The maximum atomic E-state index is 12.3. The zero-order valence-corrected chi connectivity index (χ0v) is 15.6. The zero-order chi connectivity index (χ0) is 19.6. The molecule has 1 saturated heterocycles. The third-order valence-corrected chi connectivity index (χ3v) is 4.70. The normalized spacial score (nSPS) is 14.9. The number of aryl methyl sites for hydroxylation is 1. The number of hydrogen-bond donors (Lipinski definition) is 1. The Balaban J connectivity index is 1.74. The second kappa shape index (κ2) is 7.68. The van der Waals surface area contributed by atoms with Crippen LogP contribution in [0, 0.1) is 17.0 Å². The van der Waals surface area contributed by atoms with Crippen molar-refractivity contribution in [1.29, 1.82) is 0 Å². The summed E-state index contributed by atoms with van der Waals surface area (Å²) >= 11 is 6.11. The van der Waals surface area contributed by atoms with Gasteiger partial charge in [-0.05, 0) is 42.3 Å². The van der Waals surface area contributed by atoms with Gasteiger partial charge >= 0.3 is 5.97 Å². The predicted octanol–water partition coefficient (Wildman–Crippen LogP) is 3.61. The molecule has 1 N–H and O–H groups in total. The summed E-state index contributed by atoms with van der Waals surface area (Å²) in [6.07, 6.45) is 1.68. The predicted molar refractivity (Wildman–Crippen MR) is 106 cm³/mol. The second-order valence-corrected chi connectivity index (χ2v) is 7.34. The molecule has 1 aliphatic heterocycles. The van der Waals surface area contributed by atoms with Crippen molar-refractivity contribution in [3.8, 4) is 5.75 Å². The molecule has 0 atom stereocenters. The molecule has 0 unspecified atom stereocenters. The van der Waals surface area contributed by atoms with Gasteiger partial charge in [0.1, 0.15) is 10.1 Å². The summed E-state index contributed by atoms with van der Waals surface area (Å²) in [5, 5.41) is 13.4. The number of hydrogen-bond acceptors (Lipinski definition) is 7. The highest BCUT2D eigenvalue weighted by Crippen LogP contribution is 2.26. The molecule has 0 spiro atoms. The maximum Gasteiger partial charge on any atom is 0.343 e. The number of amides is 1. The number of rotatable bonds is 4. The molecule has 0 bridgehead atoms. The van der Waals surface area contributed by atoms with Crippen molar-refractivity contribution < 1.29 is 19.2 Å². The van der Waals surface area contributed by atoms with Crippen molar-refractivity contribution in [2.45, 2.75) is 6.92 Å². The van der Waals surface area contributed by atoms with Crippen LogP contribution in [0.1, 0.15) is 21.5 Å². The number of nitrogens with one attached hydrogen (secondary N) is 1. The van der Waals surface area contributed by atoms with Crippen molar-refractivity contribution in [2.75, 3.05) is 0 Å². The standard InChI is InChI=1S/C18H12N2O5S2/c1-10-6-12(9-13(7-10)20(23)24)17(22)25-14-4-2-11(3-5-14)8-15-16(21)19-18(26)27-15/h2-9H,1H3,(H,19,21,26)/b15-8+. The molecule has 0 aliphatic carbocycles. The molecule has 1 aliphatic rings. The van der Waals surface area contributed by atoms with Crippen molar-refractivity contribution in [3.63, 3.8) is 0 Å². The molecule has 0 radical (unpaired) electrons. The number of ether oxygens (including phenoxy) is 1. The van der Waals surface area contributed by atoms with E-state index in [0.717, 1.165) is 5.56 Å². The van der Waals surface area contributed by atoms with E-state index >= 15 is 0 Å². The number of thiocarbonyl (C=S) groups is 1. The largest absolute Gasteiger partial charge is 0.423 e. The summed E-state index contributed by atoms with van der Waals surface area (Å²) < 4.78 is 5.67. The first kappa shape index (κ1) is 18.7. The van der Waals surface area contributed by atoms with Gasteiger partial charge in [0.25, 0.3) is 11.6 Å². The van der Waals surface area contributed by atoms with Gasteiger partial charge in [0, 0.05) is 12.1 Å². The first-order valence-corrected chi connectivity index (χ1v) is 8.87. The van der Waals surface area contributed by atoms with E-state index in [4.69, 9.17) is 17.0 Å². The number of carbonyl (C=O) groups excluding carboxylic acids is 2. The molecule has 136 valence electrons. The van der Waals surface area contributed by atoms with E-state index < -0.39 is 10.9 Å². The maximum absolute atomic E-state index is 12.3. The molecular weight excluding hydrogens is 388 g/mol. The third-order valence-electron chi connectivity index (χ3n) is 3.54. The Hall–Kier alpha value is -3.04. The van der Waals surface area contributed by atoms with Gasteiger partial charge in [-0.2, -0.15) is 0 Å². The molecule has 2 aromatic rings. The van der Waals surface area contributed by atoms with Gasteiger partial charge in [0.05, 0.1) is 15.4 Å². The number of nitro groups is 1. The summed E-state index contributed by atoms with van der Waals surface area (Å²) in [5.41, 5.74) is 1.25. The van der Waals surface area contributed by atoms with Crippen LogP contribution >= 0.6 is 24.0 Å². The highest BCUT2D eigenvalue weighted by Gasteiger charge is 2.22. The first-order chi connectivity index (χ1) is 12.8. The number of carbonyl (C=O) groups is 2. The molecule has 1 amide bonds. The highest BCUT2D eigenvalue weighted by molar-refractivity contribution is 8.26. The Morgan fingerprint density at radius 3 is 2.56 bits per heavy atom. The molecular formula is C18H12N2O5S2. The molecule has 7 nitrogen and oxygen atoms in total. The van der Waals surface area contributed by atoms with E-state index in [1.54, 1.807) is 37.3 Å². The average Bonchev–Trinajstić information content (AvgIpc) is 2.93. The van der Waals surface area contributed by atoms with E-state index in [1.165, 1.54) is 30.0 Å². The fourth-order valence-electron chi connectivity index (χ4n) is 2.36. The first-order valence-electron chi connectivity index (χ1n) is 7.65. The van der Waals surface area contributed by atoms with Gasteiger partial charge in [-0.25, -0.2) is 4.79 Å². The van der Waals surface area contributed by atoms with Gasteiger partial charge in [-0.3, -0.25) is 14.9 Å². The van der Waals surface area contributed by atoms with Crippen LogP contribution in [0.5, 0.6) is 5.75 Å². The van der Waals surface area contributed by atoms with Crippen molar-refractivity contribution >= 4 is 51.9 Å².